The van der Waals surface area contributed by atoms with Crippen LogP contribution in [0, 0.1) is 0 Å². The Hall–Kier alpha value is -1.46. The van der Waals surface area contributed by atoms with Crippen molar-refractivity contribution in [3.63, 3.8) is 0 Å². The number of nitrogens with one attached hydrogen (secondary N) is 1. The van der Waals surface area contributed by atoms with Crippen molar-refractivity contribution in [1.82, 2.24) is 0 Å². The number of halogens is 1. The first-order valence-electron chi connectivity index (χ1n) is 5.98. The van der Waals surface area contributed by atoms with Crippen molar-refractivity contribution in [1.29, 1.82) is 0 Å². The molecule has 0 radical (unpaired) electrons. The zero-order chi connectivity index (χ0) is 14.4. The van der Waals surface area contributed by atoms with Crippen LogP contribution in [0.5, 0.6) is 0 Å². The molecule has 106 valence electrons. The number of rotatable bonds is 6. The fourth-order valence-electron chi connectivity index (χ4n) is 1.55. The highest BCUT2D eigenvalue weighted by molar-refractivity contribution is 6.34. The second-order valence-corrected chi connectivity index (χ2v) is 4.67. The Balaban J connectivity index is 2.83. The highest BCUT2D eigenvalue weighted by Gasteiger charge is 2.15. The molecule has 0 bridgehead atoms. The number of carbonyl (C=O) groups is 1. The van der Waals surface area contributed by atoms with E-state index in [1.807, 2.05) is 13.8 Å². The molecule has 0 heterocycles. The van der Waals surface area contributed by atoms with Crippen molar-refractivity contribution < 1.29 is 14.3 Å². The van der Waals surface area contributed by atoms with Gasteiger partial charge in [0.1, 0.15) is 0 Å². The maximum Gasteiger partial charge on any atom is 0.340 e. The molecule has 3 N–H and O–H groups in total. The topological polar surface area (TPSA) is 73.6 Å². The molecule has 19 heavy (non-hydrogen) atoms. The first-order chi connectivity index (χ1) is 8.95. The molecule has 0 aliphatic rings. The Morgan fingerprint density at radius 1 is 1.47 bits per heavy atom. The SMILES string of the molecule is COC(=O)c1cc(N)cc(Cl)c1NCCOC(C)C. The van der Waals surface area contributed by atoms with Gasteiger partial charge in [0.05, 0.1) is 36.1 Å². The first kappa shape index (κ1) is 15.6. The lowest BCUT2D eigenvalue weighted by Crippen LogP contribution is -2.16. The second-order valence-electron chi connectivity index (χ2n) is 4.26. The van der Waals surface area contributed by atoms with Gasteiger partial charge in [0.2, 0.25) is 0 Å². The minimum absolute atomic E-state index is 0.156. The zero-order valence-electron chi connectivity index (χ0n) is 11.3. The van der Waals surface area contributed by atoms with E-state index in [1.165, 1.54) is 13.2 Å². The number of carbonyl (C=O) groups excluding carboxylic acids is 1. The fraction of sp³-hybridized carbons (Fsp3) is 0.462. The standard InChI is InChI=1S/C13H19ClN2O3/c1-8(2)19-5-4-16-12-10(13(17)18-3)6-9(15)7-11(12)14/h6-8,16H,4-5,15H2,1-3H3. The molecule has 0 atom stereocenters. The highest BCUT2D eigenvalue weighted by atomic mass is 35.5. The van der Waals surface area contributed by atoms with Crippen LogP contribution >= 0.6 is 11.6 Å². The van der Waals surface area contributed by atoms with Gasteiger partial charge in [-0.15, -0.1) is 0 Å². The monoisotopic (exact) mass is 286 g/mol. The average molecular weight is 287 g/mol. The Labute approximate surface area is 118 Å². The van der Waals surface area contributed by atoms with Crippen LogP contribution in [0.3, 0.4) is 0 Å². The van der Waals surface area contributed by atoms with Crippen LogP contribution in [-0.2, 0) is 9.47 Å². The van der Waals surface area contributed by atoms with Crippen LogP contribution in [0.4, 0.5) is 11.4 Å². The normalized spacial score (nSPS) is 10.6. The van der Waals surface area contributed by atoms with E-state index in [4.69, 9.17) is 26.8 Å². The van der Waals surface area contributed by atoms with E-state index in [0.717, 1.165) is 0 Å². The van der Waals surface area contributed by atoms with Crippen molar-refractivity contribution in [2.75, 3.05) is 31.3 Å². The number of nitrogens with two attached hydrogens (primary N) is 1. The molecule has 0 fully saturated rings. The minimum Gasteiger partial charge on any atom is -0.465 e. The summed E-state index contributed by atoms with van der Waals surface area (Å²) in [4.78, 5) is 11.7. The molecule has 0 saturated carbocycles. The summed E-state index contributed by atoms with van der Waals surface area (Å²) in [7, 11) is 1.31. The van der Waals surface area contributed by atoms with Crippen LogP contribution in [-0.4, -0.2) is 32.3 Å². The number of anilines is 2. The maximum absolute atomic E-state index is 11.7. The lowest BCUT2D eigenvalue weighted by Gasteiger charge is -2.14. The van der Waals surface area contributed by atoms with E-state index in [9.17, 15) is 4.79 Å². The van der Waals surface area contributed by atoms with Gasteiger partial charge in [-0.25, -0.2) is 4.79 Å². The third-order valence-corrected chi connectivity index (χ3v) is 2.67. The van der Waals surface area contributed by atoms with E-state index in [1.54, 1.807) is 6.07 Å². The number of nitrogen functional groups attached to an aromatic ring is 1. The predicted octanol–water partition coefficient (Wildman–Crippen LogP) is 2.55. The average Bonchev–Trinajstić information content (AvgIpc) is 2.34. The Bertz CT molecular complexity index is 450. The van der Waals surface area contributed by atoms with Gasteiger partial charge in [-0.2, -0.15) is 0 Å². The van der Waals surface area contributed by atoms with E-state index in [0.29, 0.717) is 35.1 Å². The molecule has 0 amide bonds. The third kappa shape index (κ3) is 4.61. The van der Waals surface area contributed by atoms with E-state index in [2.05, 4.69) is 5.32 Å². The number of esters is 1. The molecule has 0 spiro atoms. The molecule has 0 saturated heterocycles. The summed E-state index contributed by atoms with van der Waals surface area (Å²) in [6.07, 6.45) is 0.156. The van der Waals surface area contributed by atoms with Gasteiger partial charge >= 0.3 is 5.97 Å². The molecular weight excluding hydrogens is 268 g/mol. The minimum atomic E-state index is -0.485. The van der Waals surface area contributed by atoms with E-state index in [-0.39, 0.29) is 6.10 Å². The molecule has 1 aromatic rings. The summed E-state index contributed by atoms with van der Waals surface area (Å²) in [5, 5.41) is 3.45. The fourth-order valence-corrected chi connectivity index (χ4v) is 1.84. The molecule has 0 unspecified atom stereocenters. The summed E-state index contributed by atoms with van der Waals surface area (Å²) in [6.45, 7) is 4.96. The Kier molecular flexibility index (Phi) is 5.92. The van der Waals surface area contributed by atoms with Crippen molar-refractivity contribution in [3.05, 3.63) is 22.7 Å². The summed E-state index contributed by atoms with van der Waals surface area (Å²) >= 11 is 6.09. The largest absolute Gasteiger partial charge is 0.465 e. The van der Waals surface area contributed by atoms with E-state index >= 15 is 0 Å². The number of benzene rings is 1. The van der Waals surface area contributed by atoms with Crippen LogP contribution in [0.25, 0.3) is 0 Å². The summed E-state index contributed by atoms with van der Waals surface area (Å²) in [6, 6.07) is 3.11. The van der Waals surface area contributed by atoms with Crippen LogP contribution < -0.4 is 11.1 Å². The highest BCUT2D eigenvalue weighted by Crippen LogP contribution is 2.29. The van der Waals surface area contributed by atoms with Crippen LogP contribution in [0.2, 0.25) is 5.02 Å². The number of hydrogen-bond acceptors (Lipinski definition) is 5. The van der Waals surface area contributed by atoms with Crippen molar-refractivity contribution in [2.24, 2.45) is 0 Å². The molecule has 0 aliphatic heterocycles. The summed E-state index contributed by atoms with van der Waals surface area (Å²) in [5.74, 6) is -0.485. The lowest BCUT2D eigenvalue weighted by atomic mass is 10.1. The van der Waals surface area contributed by atoms with Crippen molar-refractivity contribution in [2.45, 2.75) is 20.0 Å². The van der Waals surface area contributed by atoms with Gasteiger partial charge < -0.3 is 20.5 Å². The lowest BCUT2D eigenvalue weighted by molar-refractivity contribution is 0.0601. The van der Waals surface area contributed by atoms with Gasteiger partial charge in [-0.3, -0.25) is 0 Å². The summed E-state index contributed by atoms with van der Waals surface area (Å²) < 4.78 is 10.1. The molecule has 0 aliphatic carbocycles. The van der Waals surface area contributed by atoms with Crippen molar-refractivity contribution >= 4 is 28.9 Å². The van der Waals surface area contributed by atoms with Gasteiger partial charge in [0.25, 0.3) is 0 Å². The third-order valence-electron chi connectivity index (χ3n) is 2.37. The summed E-state index contributed by atoms with van der Waals surface area (Å²) in [5.41, 5.74) is 6.91. The molecular formula is C13H19ClN2O3. The Morgan fingerprint density at radius 3 is 2.74 bits per heavy atom. The Morgan fingerprint density at radius 2 is 2.16 bits per heavy atom. The molecule has 5 nitrogen and oxygen atoms in total. The second kappa shape index (κ2) is 7.21. The van der Waals surface area contributed by atoms with E-state index < -0.39 is 5.97 Å². The van der Waals surface area contributed by atoms with Gasteiger partial charge in [-0.1, -0.05) is 11.6 Å². The molecule has 0 aromatic heterocycles. The van der Waals surface area contributed by atoms with Gasteiger partial charge in [0, 0.05) is 12.2 Å². The molecule has 1 aromatic carbocycles. The number of methoxy groups -OCH3 is 1. The van der Waals surface area contributed by atoms with Crippen molar-refractivity contribution in [3.8, 4) is 0 Å². The molecule has 6 heteroatoms. The quantitative estimate of drug-likeness (QED) is 0.478. The number of hydrogen-bond donors (Lipinski definition) is 2. The zero-order valence-corrected chi connectivity index (χ0v) is 12.1. The predicted molar refractivity (Wildman–Crippen MR) is 76.8 cm³/mol. The molecule has 1 rings (SSSR count). The maximum atomic E-state index is 11.7. The van der Waals surface area contributed by atoms with Gasteiger partial charge in [-0.05, 0) is 26.0 Å². The first-order valence-corrected chi connectivity index (χ1v) is 6.36. The smallest absolute Gasteiger partial charge is 0.340 e. The van der Waals surface area contributed by atoms with Crippen LogP contribution in [0.15, 0.2) is 12.1 Å². The number of ether oxygens (including phenoxy) is 2. The van der Waals surface area contributed by atoms with Crippen LogP contribution in [0.1, 0.15) is 24.2 Å². The van der Waals surface area contributed by atoms with Gasteiger partial charge in [0.15, 0.2) is 0 Å².